The maximum absolute atomic E-state index is 9.48. The van der Waals surface area contributed by atoms with E-state index in [4.69, 9.17) is 4.42 Å². The Morgan fingerprint density at radius 2 is 2.13 bits per heavy atom. The molecule has 0 aliphatic heterocycles. The first kappa shape index (κ1) is 8.98. The summed E-state index contributed by atoms with van der Waals surface area (Å²) in [5.74, 6) is 1.74. The molecule has 15 heavy (non-hydrogen) atoms. The van der Waals surface area contributed by atoms with E-state index < -0.39 is 0 Å². The van der Waals surface area contributed by atoms with Gasteiger partial charge < -0.3 is 9.52 Å². The smallest absolute Gasteiger partial charge is 0.134 e. The third kappa shape index (κ3) is 1.29. The van der Waals surface area contributed by atoms with E-state index in [2.05, 4.69) is 19.1 Å². The van der Waals surface area contributed by atoms with Gasteiger partial charge in [-0.15, -0.1) is 0 Å². The number of rotatable bonds is 1. The molecule has 0 spiro atoms. The molecule has 0 bridgehead atoms. The third-order valence-corrected chi connectivity index (χ3v) is 3.55. The first-order valence-corrected chi connectivity index (χ1v) is 5.42. The lowest BCUT2D eigenvalue weighted by molar-refractivity contribution is 0.00489. The molecule has 1 aliphatic carbocycles. The van der Waals surface area contributed by atoms with Gasteiger partial charge in [0.25, 0.3) is 0 Å². The van der Waals surface area contributed by atoms with Gasteiger partial charge in [-0.2, -0.15) is 0 Å². The zero-order chi connectivity index (χ0) is 10.4. The number of aliphatic hydroxyl groups is 1. The monoisotopic (exact) mass is 202 g/mol. The Bertz CT molecular complexity index is 453. The highest BCUT2D eigenvalue weighted by Crippen LogP contribution is 2.43. The minimum Gasteiger partial charge on any atom is -0.461 e. The van der Waals surface area contributed by atoms with Crippen LogP contribution in [-0.4, -0.2) is 11.2 Å². The molecule has 2 nitrogen and oxygen atoms in total. The van der Waals surface area contributed by atoms with Crippen LogP contribution in [0.4, 0.5) is 0 Å². The van der Waals surface area contributed by atoms with Gasteiger partial charge in [-0.05, 0) is 24.5 Å². The molecule has 1 heterocycles. The first-order valence-electron chi connectivity index (χ1n) is 5.42. The average molecular weight is 202 g/mol. The van der Waals surface area contributed by atoms with E-state index >= 15 is 0 Å². The molecule has 1 aliphatic rings. The largest absolute Gasteiger partial charge is 0.461 e. The lowest BCUT2D eigenvalue weighted by Crippen LogP contribution is -2.37. The van der Waals surface area contributed by atoms with Crippen molar-refractivity contribution in [3.8, 4) is 0 Å². The zero-order valence-electron chi connectivity index (χ0n) is 8.68. The summed E-state index contributed by atoms with van der Waals surface area (Å²) in [6, 6.07) is 10.1. The van der Waals surface area contributed by atoms with Crippen molar-refractivity contribution in [2.24, 2.45) is 5.92 Å². The van der Waals surface area contributed by atoms with Crippen LogP contribution >= 0.6 is 0 Å². The summed E-state index contributed by atoms with van der Waals surface area (Å²) in [7, 11) is 0. The quantitative estimate of drug-likeness (QED) is 0.771. The summed E-state index contributed by atoms with van der Waals surface area (Å²) in [5, 5.41) is 10.6. The molecule has 78 valence electrons. The highest BCUT2D eigenvalue weighted by atomic mass is 16.3. The summed E-state index contributed by atoms with van der Waals surface area (Å²) in [4.78, 5) is 0. The molecule has 1 saturated carbocycles. The molecule has 1 aromatic heterocycles. The van der Waals surface area contributed by atoms with Crippen LogP contribution in [0.2, 0.25) is 0 Å². The first-order chi connectivity index (χ1) is 7.25. The molecule has 0 amide bonds. The SMILES string of the molecule is CC1C(O)CC1c1cc2ccccc2o1. The zero-order valence-corrected chi connectivity index (χ0v) is 8.68. The number of hydrogen-bond acceptors (Lipinski definition) is 2. The van der Waals surface area contributed by atoms with E-state index in [1.165, 1.54) is 0 Å². The van der Waals surface area contributed by atoms with E-state index in [1.54, 1.807) is 0 Å². The lowest BCUT2D eigenvalue weighted by atomic mass is 9.71. The van der Waals surface area contributed by atoms with E-state index in [-0.39, 0.29) is 6.10 Å². The Balaban J connectivity index is 1.99. The number of benzene rings is 1. The van der Waals surface area contributed by atoms with Crippen molar-refractivity contribution in [3.05, 3.63) is 36.1 Å². The van der Waals surface area contributed by atoms with Crippen molar-refractivity contribution in [2.75, 3.05) is 0 Å². The minimum atomic E-state index is -0.150. The molecule has 2 aromatic rings. The molecule has 1 N–H and O–H groups in total. The summed E-state index contributed by atoms with van der Waals surface area (Å²) < 4.78 is 5.78. The third-order valence-electron chi connectivity index (χ3n) is 3.55. The van der Waals surface area contributed by atoms with Crippen molar-refractivity contribution in [1.29, 1.82) is 0 Å². The van der Waals surface area contributed by atoms with E-state index in [0.29, 0.717) is 11.8 Å². The number of fused-ring (bicyclic) bond motifs is 1. The average Bonchev–Trinajstić information content (AvgIpc) is 2.67. The van der Waals surface area contributed by atoms with E-state index in [9.17, 15) is 5.11 Å². The number of hydrogen-bond donors (Lipinski definition) is 1. The summed E-state index contributed by atoms with van der Waals surface area (Å²) in [6.45, 7) is 2.08. The molecule has 3 atom stereocenters. The van der Waals surface area contributed by atoms with E-state index in [1.807, 2.05) is 18.2 Å². The molecule has 2 heteroatoms. The maximum atomic E-state index is 9.48. The normalized spacial score (nSPS) is 30.4. The van der Waals surface area contributed by atoms with Gasteiger partial charge in [-0.25, -0.2) is 0 Å². The second-order valence-corrected chi connectivity index (χ2v) is 4.46. The van der Waals surface area contributed by atoms with Crippen LogP contribution in [0, 0.1) is 5.92 Å². The summed E-state index contributed by atoms with van der Waals surface area (Å²) >= 11 is 0. The Labute approximate surface area is 88.5 Å². The molecule has 3 unspecified atom stereocenters. The van der Waals surface area contributed by atoms with Crippen molar-refractivity contribution in [3.63, 3.8) is 0 Å². The fraction of sp³-hybridized carbons (Fsp3) is 0.385. The second kappa shape index (κ2) is 3.11. The van der Waals surface area contributed by atoms with Crippen molar-refractivity contribution >= 4 is 11.0 Å². The van der Waals surface area contributed by atoms with Gasteiger partial charge in [0.05, 0.1) is 6.10 Å². The van der Waals surface area contributed by atoms with Crippen LogP contribution in [-0.2, 0) is 0 Å². The Kier molecular flexibility index (Phi) is 1.86. The van der Waals surface area contributed by atoms with Gasteiger partial charge in [0.1, 0.15) is 11.3 Å². The molecular formula is C13H14O2. The highest BCUT2D eigenvalue weighted by molar-refractivity contribution is 5.77. The lowest BCUT2D eigenvalue weighted by Gasteiger charge is -2.37. The predicted molar refractivity (Wildman–Crippen MR) is 58.7 cm³/mol. The highest BCUT2D eigenvalue weighted by Gasteiger charge is 2.39. The number of para-hydroxylation sites is 1. The van der Waals surface area contributed by atoms with Crippen LogP contribution in [0.3, 0.4) is 0 Å². The van der Waals surface area contributed by atoms with Gasteiger partial charge in [0.2, 0.25) is 0 Å². The van der Waals surface area contributed by atoms with E-state index in [0.717, 1.165) is 23.2 Å². The Morgan fingerprint density at radius 1 is 1.33 bits per heavy atom. The van der Waals surface area contributed by atoms with Gasteiger partial charge in [0.15, 0.2) is 0 Å². The number of aliphatic hydroxyl groups excluding tert-OH is 1. The molecular weight excluding hydrogens is 188 g/mol. The Hall–Kier alpha value is -1.28. The van der Waals surface area contributed by atoms with Gasteiger partial charge in [-0.1, -0.05) is 25.1 Å². The standard InChI is InChI=1S/C13H14O2/c1-8-10(7-11(8)14)13-6-9-4-2-3-5-12(9)15-13/h2-6,8,10-11,14H,7H2,1H3. The topological polar surface area (TPSA) is 33.4 Å². The Morgan fingerprint density at radius 3 is 2.80 bits per heavy atom. The fourth-order valence-corrected chi connectivity index (χ4v) is 2.32. The molecule has 1 fully saturated rings. The van der Waals surface area contributed by atoms with Crippen LogP contribution in [0.25, 0.3) is 11.0 Å². The van der Waals surface area contributed by atoms with Crippen LogP contribution < -0.4 is 0 Å². The summed E-state index contributed by atoms with van der Waals surface area (Å²) in [5.41, 5.74) is 0.945. The minimum absolute atomic E-state index is 0.150. The summed E-state index contributed by atoms with van der Waals surface area (Å²) in [6.07, 6.45) is 0.685. The van der Waals surface area contributed by atoms with Crippen LogP contribution in [0.1, 0.15) is 25.0 Å². The van der Waals surface area contributed by atoms with Crippen LogP contribution in [0.5, 0.6) is 0 Å². The van der Waals surface area contributed by atoms with Gasteiger partial charge in [-0.3, -0.25) is 0 Å². The molecule has 0 radical (unpaired) electrons. The predicted octanol–water partition coefficient (Wildman–Crippen LogP) is 2.92. The van der Waals surface area contributed by atoms with Gasteiger partial charge in [0, 0.05) is 11.3 Å². The fourth-order valence-electron chi connectivity index (χ4n) is 2.32. The molecule has 0 saturated heterocycles. The molecule has 1 aromatic carbocycles. The van der Waals surface area contributed by atoms with Gasteiger partial charge >= 0.3 is 0 Å². The second-order valence-electron chi connectivity index (χ2n) is 4.46. The number of furan rings is 1. The molecule has 3 rings (SSSR count). The maximum Gasteiger partial charge on any atom is 0.134 e. The van der Waals surface area contributed by atoms with Crippen molar-refractivity contribution in [1.82, 2.24) is 0 Å². The van der Waals surface area contributed by atoms with Crippen molar-refractivity contribution < 1.29 is 9.52 Å². The van der Waals surface area contributed by atoms with Crippen LogP contribution in [0.15, 0.2) is 34.7 Å². The van der Waals surface area contributed by atoms with Crippen molar-refractivity contribution in [2.45, 2.75) is 25.4 Å².